The van der Waals surface area contributed by atoms with Crippen molar-refractivity contribution in [2.45, 2.75) is 117 Å². The van der Waals surface area contributed by atoms with E-state index in [0.29, 0.717) is 57.0 Å². The zero-order valence-electron chi connectivity index (χ0n) is 40.3. The van der Waals surface area contributed by atoms with E-state index >= 15 is 0 Å². The summed E-state index contributed by atoms with van der Waals surface area (Å²) in [5.74, 6) is -1.66. The summed E-state index contributed by atoms with van der Waals surface area (Å²) in [4.78, 5) is 84.5. The number of methoxy groups -OCH3 is 1. The van der Waals surface area contributed by atoms with Gasteiger partial charge in [0.2, 0.25) is 11.8 Å². The Morgan fingerprint density at radius 1 is 1.10 bits per heavy atom. The molecule has 7 heterocycles. The number of rotatable bonds is 11. The minimum absolute atomic E-state index is 0.00345. The Balaban J connectivity index is 1.13. The Bertz CT molecular complexity index is 2520. The van der Waals surface area contributed by atoms with Gasteiger partial charge in [-0.25, -0.2) is 15.2 Å². The second kappa shape index (κ2) is 19.7. The first kappa shape index (κ1) is 48.0. The first-order valence-corrected chi connectivity index (χ1v) is 24.5. The highest BCUT2D eigenvalue weighted by molar-refractivity contribution is 7.10. The number of likely N-dealkylation sites (N-methyl/N-ethyl adjacent to an activating group) is 2. The number of pyridine rings is 1. The number of likely N-dealkylation sites (tertiary alicyclic amines) is 1. The molecule has 3 fully saturated rings. The predicted molar refractivity (Wildman–Crippen MR) is 256 cm³/mol. The Morgan fingerprint density at radius 3 is 2.57 bits per heavy atom. The summed E-state index contributed by atoms with van der Waals surface area (Å²) in [7, 11) is 5.05. The lowest BCUT2D eigenvalue weighted by atomic mass is 9.84. The van der Waals surface area contributed by atoms with Crippen LogP contribution in [-0.2, 0) is 48.0 Å². The maximum absolute atomic E-state index is 14.7. The molecule has 4 aliphatic heterocycles. The van der Waals surface area contributed by atoms with Crippen molar-refractivity contribution >= 4 is 52.0 Å². The highest BCUT2D eigenvalue weighted by atomic mass is 32.1. The van der Waals surface area contributed by atoms with Crippen LogP contribution in [0.15, 0.2) is 41.9 Å². The number of aromatic nitrogens is 3. The molecule has 4 aliphatic rings. The molecule has 0 unspecified atom stereocenters. The molecule has 4 aromatic rings. The fourth-order valence-corrected chi connectivity index (χ4v) is 10.7. The van der Waals surface area contributed by atoms with Crippen LogP contribution >= 0.6 is 11.3 Å². The topological polar surface area (TPSA) is 193 Å². The molecule has 17 nitrogen and oxygen atoms in total. The third kappa shape index (κ3) is 9.94. The van der Waals surface area contributed by atoms with E-state index in [4.69, 9.17) is 19.4 Å². The highest BCUT2D eigenvalue weighted by Crippen LogP contribution is 2.42. The van der Waals surface area contributed by atoms with Crippen LogP contribution in [0.25, 0.3) is 33.4 Å². The van der Waals surface area contributed by atoms with Gasteiger partial charge in [-0.3, -0.25) is 29.2 Å². The molecule has 360 valence electrons. The van der Waals surface area contributed by atoms with Crippen LogP contribution in [0, 0.1) is 11.3 Å². The number of hydrogen-bond donors (Lipinski definition) is 3. The van der Waals surface area contributed by atoms with Crippen molar-refractivity contribution in [3.05, 3.63) is 58.2 Å². The van der Waals surface area contributed by atoms with Crippen LogP contribution in [0.5, 0.6) is 0 Å². The number of carbonyl (C=O) groups excluding carboxylic acids is 5. The smallest absolute Gasteiger partial charge is 0.324 e. The molecule has 0 aliphatic carbocycles. The van der Waals surface area contributed by atoms with Gasteiger partial charge in [0.05, 0.1) is 46.9 Å². The number of carbonyl (C=O) groups is 5. The Hall–Kier alpha value is -5.43. The number of hydrogen-bond acceptors (Lipinski definition) is 12. The molecule has 8 rings (SSSR count). The van der Waals surface area contributed by atoms with Crippen molar-refractivity contribution in [3.8, 4) is 22.5 Å². The lowest BCUT2D eigenvalue weighted by molar-refractivity contribution is -0.155. The minimum atomic E-state index is -1.08. The molecule has 3 saturated heterocycles. The normalized spacial score (nSPS) is 22.7. The van der Waals surface area contributed by atoms with Crippen molar-refractivity contribution in [1.29, 1.82) is 0 Å². The molecule has 0 spiro atoms. The van der Waals surface area contributed by atoms with Gasteiger partial charge in [-0.1, -0.05) is 33.8 Å². The lowest BCUT2D eigenvalue weighted by Crippen LogP contribution is -2.64. The average molecular weight is 939 g/mol. The minimum Gasteiger partial charge on any atom is -0.464 e. The third-order valence-corrected chi connectivity index (χ3v) is 14.6. The number of fused-ring (bicyclic) bond motifs is 6. The van der Waals surface area contributed by atoms with Gasteiger partial charge in [0, 0.05) is 99.4 Å². The number of nitrogens with one attached hydrogen (secondary N) is 3. The maximum Gasteiger partial charge on any atom is 0.324 e. The van der Waals surface area contributed by atoms with Gasteiger partial charge >= 0.3 is 12.0 Å². The van der Waals surface area contributed by atoms with Crippen LogP contribution in [0.4, 0.5) is 4.79 Å². The van der Waals surface area contributed by atoms with Gasteiger partial charge in [-0.05, 0) is 75.3 Å². The first-order valence-electron chi connectivity index (χ1n) is 23.6. The summed E-state index contributed by atoms with van der Waals surface area (Å²) in [6, 6.07) is 6.99. The summed E-state index contributed by atoms with van der Waals surface area (Å²) in [6.07, 6.45) is 3.95. The number of esters is 1. The Labute approximate surface area is 396 Å². The fraction of sp³-hybridized carbons (Fsp3) is 0.571. The molecule has 3 aromatic heterocycles. The van der Waals surface area contributed by atoms with Gasteiger partial charge in [-0.2, -0.15) is 0 Å². The number of ether oxygens (including phenoxy) is 2. The second-order valence-electron chi connectivity index (χ2n) is 19.7. The van der Waals surface area contributed by atoms with E-state index in [9.17, 15) is 24.0 Å². The number of amides is 5. The molecular formula is C49H66N10O7S. The third-order valence-electron chi connectivity index (χ3n) is 13.7. The van der Waals surface area contributed by atoms with Gasteiger partial charge in [0.15, 0.2) is 0 Å². The largest absolute Gasteiger partial charge is 0.464 e. The van der Waals surface area contributed by atoms with E-state index in [0.717, 1.165) is 51.1 Å². The average Bonchev–Trinajstić information content (AvgIpc) is 3.98. The number of aryl methyl sites for hydroxylation is 1. The predicted octanol–water partition coefficient (Wildman–Crippen LogP) is 4.78. The molecular weight excluding hydrogens is 873 g/mol. The lowest BCUT2D eigenvalue weighted by Gasteiger charge is -2.45. The van der Waals surface area contributed by atoms with Crippen LogP contribution < -0.4 is 16.1 Å². The summed E-state index contributed by atoms with van der Waals surface area (Å²) in [6.45, 7) is 14.8. The first-order chi connectivity index (χ1) is 32.0. The summed E-state index contributed by atoms with van der Waals surface area (Å²) in [5, 5.41) is 11.2. The standard InChI is InChI=1S/C49H66N10O7S/c1-10-57-39-16-15-30-21-33(39)34(43(57)32-13-11-18-50-41(32)29(4)65-9)23-49(5,6)27-66-47(63)35-14-12-19-59(54-35)46(62)36(22-40-52-38(30)26-67-40)53-44(60)42(28(2)3)56(8)48(64)58-20-17-31(58)25-55(7)45(61)37-24-51-37/h11,13,15-16,18,21,26,28-29,31,35-37,42,51,54H,10,12,14,17,19-20,22-25,27H2,1-9H3,(H,53,60)/t29-,31-,35-,36-,37-,42-/m0/s1. The van der Waals surface area contributed by atoms with Crippen molar-refractivity contribution in [2.24, 2.45) is 11.3 Å². The summed E-state index contributed by atoms with van der Waals surface area (Å²) < 4.78 is 14.2. The van der Waals surface area contributed by atoms with Crippen molar-refractivity contribution in [1.82, 2.24) is 50.3 Å². The monoisotopic (exact) mass is 938 g/mol. The van der Waals surface area contributed by atoms with Gasteiger partial charge in [0.1, 0.15) is 18.1 Å². The van der Waals surface area contributed by atoms with Crippen LogP contribution in [0.2, 0.25) is 0 Å². The van der Waals surface area contributed by atoms with Gasteiger partial charge in [0.25, 0.3) is 5.91 Å². The fourth-order valence-electron chi connectivity index (χ4n) is 9.86. The number of urea groups is 1. The molecule has 1 aromatic carbocycles. The second-order valence-corrected chi connectivity index (χ2v) is 20.6. The summed E-state index contributed by atoms with van der Waals surface area (Å²) >= 11 is 1.41. The Kier molecular flexibility index (Phi) is 14.1. The summed E-state index contributed by atoms with van der Waals surface area (Å²) in [5.41, 5.74) is 9.28. The van der Waals surface area contributed by atoms with E-state index < -0.39 is 41.3 Å². The van der Waals surface area contributed by atoms with Crippen LogP contribution in [-0.4, -0.2) is 148 Å². The maximum atomic E-state index is 14.7. The van der Waals surface area contributed by atoms with Crippen molar-refractivity contribution < 1.29 is 33.4 Å². The van der Waals surface area contributed by atoms with Crippen molar-refractivity contribution in [3.63, 3.8) is 0 Å². The number of thiazole rings is 1. The molecule has 0 radical (unpaired) electrons. The van der Waals surface area contributed by atoms with Gasteiger partial charge in [-0.15, -0.1) is 11.3 Å². The molecule has 6 atom stereocenters. The van der Waals surface area contributed by atoms with E-state index in [1.54, 1.807) is 37.2 Å². The van der Waals surface area contributed by atoms with E-state index in [-0.39, 0.29) is 49.1 Å². The van der Waals surface area contributed by atoms with Crippen molar-refractivity contribution in [2.75, 3.05) is 54.0 Å². The van der Waals surface area contributed by atoms with E-state index in [1.165, 1.54) is 21.2 Å². The number of hydrazine groups is 1. The zero-order chi connectivity index (χ0) is 47.9. The highest BCUT2D eigenvalue weighted by Gasteiger charge is 2.42. The van der Waals surface area contributed by atoms with E-state index in [2.05, 4.69) is 65.7 Å². The molecule has 3 N–H and O–H groups in total. The van der Waals surface area contributed by atoms with Crippen LogP contribution in [0.3, 0.4) is 0 Å². The molecule has 18 heteroatoms. The van der Waals surface area contributed by atoms with E-state index in [1.807, 2.05) is 32.2 Å². The number of nitrogens with zero attached hydrogens (tertiary/aromatic N) is 7. The van der Waals surface area contributed by atoms with Gasteiger partial charge < -0.3 is 39.4 Å². The number of benzene rings is 1. The SMILES string of the molecule is CCn1c(-c2cccnc2[C@H](C)OC)c2c3cc(ccc31)-c1csc(n1)C[C@H](NC(=O)[C@H](C(C)C)N(C)C(=O)N1CC[C@H]1CN(C)C(=O)[C@@H]1CN1)C(=O)N1CCC[C@H](N1)C(=O)OCC(C)(C)C2. The quantitative estimate of drug-likeness (QED) is 0.139. The van der Waals surface area contributed by atoms with Crippen LogP contribution in [0.1, 0.15) is 83.2 Å². The Morgan fingerprint density at radius 2 is 1.88 bits per heavy atom. The molecule has 0 saturated carbocycles. The number of cyclic esters (lactones) is 1. The zero-order valence-corrected chi connectivity index (χ0v) is 41.1. The molecule has 6 bridgehead atoms. The molecule has 67 heavy (non-hydrogen) atoms. The molecule has 5 amide bonds.